The molecule has 0 atom stereocenters. The fourth-order valence-corrected chi connectivity index (χ4v) is 5.06. The van der Waals surface area contributed by atoms with Crippen molar-refractivity contribution in [2.45, 2.75) is 26.8 Å². The van der Waals surface area contributed by atoms with Gasteiger partial charge in [-0.3, -0.25) is 14.5 Å². The minimum Gasteiger partial charge on any atom is -0.492 e. The molecule has 0 aliphatic carbocycles. The third-order valence-electron chi connectivity index (χ3n) is 6.84. The third-order valence-corrected chi connectivity index (χ3v) is 7.51. The monoisotopic (exact) mass is 596 g/mol. The third kappa shape index (κ3) is 5.73. The number of ether oxygens (including phenoxy) is 1. The van der Waals surface area contributed by atoms with Gasteiger partial charge in [0, 0.05) is 27.9 Å². The van der Waals surface area contributed by atoms with Crippen LogP contribution >= 0.6 is 23.2 Å². The Morgan fingerprint density at radius 2 is 1.71 bits per heavy atom. The van der Waals surface area contributed by atoms with Gasteiger partial charge in [0.1, 0.15) is 23.1 Å². The molecule has 1 aromatic heterocycles. The number of aromatic nitrogens is 2. The van der Waals surface area contributed by atoms with Crippen molar-refractivity contribution in [1.82, 2.24) is 14.7 Å². The van der Waals surface area contributed by atoms with Gasteiger partial charge in [-0.15, -0.1) is 0 Å². The van der Waals surface area contributed by atoms with Crippen LogP contribution in [-0.2, 0) is 16.1 Å². The molecule has 0 saturated heterocycles. The Labute approximate surface area is 253 Å². The normalized spacial score (nSPS) is 14.5. The molecule has 2 amide bonds. The maximum Gasteiger partial charge on any atom is 0.271 e. The maximum absolute atomic E-state index is 13.8. The van der Waals surface area contributed by atoms with E-state index in [4.69, 9.17) is 33.0 Å². The van der Waals surface area contributed by atoms with Crippen LogP contribution in [0.3, 0.4) is 0 Å². The van der Waals surface area contributed by atoms with Crippen LogP contribution in [0.5, 0.6) is 5.75 Å². The zero-order valence-corrected chi connectivity index (χ0v) is 24.5. The number of benzene rings is 3. The van der Waals surface area contributed by atoms with Gasteiger partial charge in [-0.2, -0.15) is 10.4 Å². The molecule has 3 aromatic carbocycles. The number of carbonyl (C=O) groups excluding carboxylic acids is 2. The number of hydrogen-bond acceptors (Lipinski definition) is 5. The number of amides is 2. The number of carbonyl (C=O) groups is 2. The lowest BCUT2D eigenvalue weighted by Crippen LogP contribution is -2.42. The number of para-hydroxylation sites is 1. The first kappa shape index (κ1) is 28.9. The fraction of sp³-hybridized carbons (Fsp3) is 0.152. The molecule has 0 N–H and O–H groups in total. The number of imide groups is 1. The Balaban J connectivity index is 1.64. The van der Waals surface area contributed by atoms with E-state index in [-0.39, 0.29) is 17.7 Å². The topological polar surface area (TPSA) is 88.2 Å². The number of nitriles is 1. The van der Waals surface area contributed by atoms with E-state index in [1.807, 2.05) is 49.4 Å². The van der Waals surface area contributed by atoms with E-state index in [1.165, 1.54) is 0 Å². The lowest BCUT2D eigenvalue weighted by molar-refractivity contribution is -0.141. The molecule has 4 aromatic rings. The Hall–Kier alpha value is -4.64. The Morgan fingerprint density at radius 3 is 2.40 bits per heavy atom. The lowest BCUT2D eigenvalue weighted by Gasteiger charge is -2.27. The van der Waals surface area contributed by atoms with Crippen LogP contribution < -0.4 is 4.74 Å². The standard InChI is InChI=1S/C33H26Cl2N4O3/c1-3-15-42-30-14-13-22(17-29(30)35)31-24(20-39(37-31)25-10-5-4-6-11-25)16-26-21(2)27(18-36)33(41)38(32(26)40)19-23-9-7-8-12-28(23)34/h4-14,16-17,20H,3,15,19H2,1-2H3/b26-16+. The van der Waals surface area contributed by atoms with Crippen LogP contribution in [0.15, 0.2) is 95.7 Å². The summed E-state index contributed by atoms with van der Waals surface area (Å²) in [7, 11) is 0. The molecule has 0 fully saturated rings. The molecule has 7 nitrogen and oxygen atoms in total. The first-order valence-corrected chi connectivity index (χ1v) is 14.1. The molecule has 5 rings (SSSR count). The van der Waals surface area contributed by atoms with E-state index >= 15 is 0 Å². The van der Waals surface area contributed by atoms with Crippen molar-refractivity contribution in [3.8, 4) is 28.8 Å². The molecule has 0 bridgehead atoms. The van der Waals surface area contributed by atoms with Gasteiger partial charge in [-0.1, -0.05) is 66.5 Å². The van der Waals surface area contributed by atoms with E-state index in [9.17, 15) is 14.9 Å². The van der Waals surface area contributed by atoms with Gasteiger partial charge in [-0.25, -0.2) is 4.68 Å². The summed E-state index contributed by atoms with van der Waals surface area (Å²) in [6.07, 6.45) is 4.31. The Kier molecular flexibility index (Phi) is 8.58. The van der Waals surface area contributed by atoms with Gasteiger partial charge in [0.2, 0.25) is 0 Å². The predicted molar refractivity (Wildman–Crippen MR) is 163 cm³/mol. The summed E-state index contributed by atoms with van der Waals surface area (Å²) in [5.74, 6) is -0.624. The van der Waals surface area contributed by atoms with Crippen molar-refractivity contribution in [2.24, 2.45) is 0 Å². The van der Waals surface area contributed by atoms with Crippen LogP contribution in [0.2, 0.25) is 10.0 Å². The van der Waals surface area contributed by atoms with Crippen LogP contribution in [0.1, 0.15) is 31.4 Å². The molecule has 1 aliphatic heterocycles. The summed E-state index contributed by atoms with van der Waals surface area (Å²) in [5.41, 5.74) is 3.67. The predicted octanol–water partition coefficient (Wildman–Crippen LogP) is 7.43. The quantitative estimate of drug-likeness (QED) is 0.156. The highest BCUT2D eigenvalue weighted by atomic mass is 35.5. The SMILES string of the molecule is CCCOc1ccc(-c2nn(-c3ccccc3)cc2/C=C2/C(=O)N(Cc3ccccc3Cl)C(=O)C(C#N)=C2C)cc1Cl. The number of hydrogen-bond donors (Lipinski definition) is 0. The minimum atomic E-state index is -0.660. The van der Waals surface area contributed by atoms with E-state index in [0.29, 0.717) is 50.4 Å². The minimum absolute atomic E-state index is 0.0713. The van der Waals surface area contributed by atoms with Gasteiger partial charge in [-0.05, 0) is 67.0 Å². The molecule has 9 heteroatoms. The molecule has 0 saturated carbocycles. The van der Waals surface area contributed by atoms with Gasteiger partial charge in [0.25, 0.3) is 11.8 Å². The molecule has 210 valence electrons. The molecular formula is C33H26Cl2N4O3. The number of nitrogens with zero attached hydrogens (tertiary/aromatic N) is 4. The van der Waals surface area contributed by atoms with Crippen molar-refractivity contribution in [3.05, 3.63) is 117 Å². The average Bonchev–Trinajstić information content (AvgIpc) is 3.42. The van der Waals surface area contributed by atoms with Gasteiger partial charge in [0.15, 0.2) is 0 Å². The van der Waals surface area contributed by atoms with Crippen molar-refractivity contribution in [3.63, 3.8) is 0 Å². The summed E-state index contributed by atoms with van der Waals surface area (Å²) in [5, 5.41) is 15.6. The zero-order chi connectivity index (χ0) is 29.8. The second kappa shape index (κ2) is 12.5. The first-order chi connectivity index (χ1) is 20.3. The maximum atomic E-state index is 13.8. The second-order valence-electron chi connectivity index (χ2n) is 9.66. The number of halogens is 2. The van der Waals surface area contributed by atoms with Gasteiger partial charge < -0.3 is 4.74 Å². The van der Waals surface area contributed by atoms with Crippen molar-refractivity contribution in [2.75, 3.05) is 6.61 Å². The lowest BCUT2D eigenvalue weighted by atomic mass is 9.93. The van der Waals surface area contributed by atoms with Crippen LogP contribution in [0, 0.1) is 11.3 Å². The smallest absolute Gasteiger partial charge is 0.271 e. The fourth-order valence-electron chi connectivity index (χ4n) is 4.63. The molecule has 0 unspecified atom stereocenters. The van der Waals surface area contributed by atoms with Crippen LogP contribution in [0.4, 0.5) is 0 Å². The molecule has 0 spiro atoms. The summed E-state index contributed by atoms with van der Waals surface area (Å²) < 4.78 is 7.45. The van der Waals surface area contributed by atoms with Gasteiger partial charge >= 0.3 is 0 Å². The van der Waals surface area contributed by atoms with Crippen LogP contribution in [-0.4, -0.2) is 33.1 Å². The Morgan fingerprint density at radius 1 is 0.976 bits per heavy atom. The molecule has 0 radical (unpaired) electrons. The largest absolute Gasteiger partial charge is 0.492 e. The average molecular weight is 598 g/mol. The number of rotatable bonds is 8. The van der Waals surface area contributed by atoms with E-state index in [0.717, 1.165) is 17.0 Å². The molecule has 42 heavy (non-hydrogen) atoms. The van der Waals surface area contributed by atoms with Crippen molar-refractivity contribution < 1.29 is 14.3 Å². The van der Waals surface area contributed by atoms with Crippen molar-refractivity contribution >= 4 is 41.1 Å². The summed E-state index contributed by atoms with van der Waals surface area (Å²) in [6.45, 7) is 4.09. The van der Waals surface area contributed by atoms with E-state index in [1.54, 1.807) is 60.3 Å². The van der Waals surface area contributed by atoms with Gasteiger partial charge in [0.05, 0.1) is 23.9 Å². The van der Waals surface area contributed by atoms with Crippen LogP contribution in [0.25, 0.3) is 23.0 Å². The summed E-state index contributed by atoms with van der Waals surface area (Å²) in [4.78, 5) is 28.1. The summed E-state index contributed by atoms with van der Waals surface area (Å²) >= 11 is 12.9. The summed E-state index contributed by atoms with van der Waals surface area (Å²) in [6, 6.07) is 23.9. The zero-order valence-electron chi connectivity index (χ0n) is 23.0. The van der Waals surface area contributed by atoms with E-state index in [2.05, 4.69) is 0 Å². The van der Waals surface area contributed by atoms with Crippen molar-refractivity contribution in [1.29, 1.82) is 5.26 Å². The highest BCUT2D eigenvalue weighted by Gasteiger charge is 2.36. The second-order valence-corrected chi connectivity index (χ2v) is 10.5. The molecule has 1 aliphatic rings. The highest BCUT2D eigenvalue weighted by molar-refractivity contribution is 6.32. The molecule has 2 heterocycles. The molecular weight excluding hydrogens is 571 g/mol. The first-order valence-electron chi connectivity index (χ1n) is 13.3. The van der Waals surface area contributed by atoms with E-state index < -0.39 is 11.8 Å². The Bertz CT molecular complexity index is 1780. The highest BCUT2D eigenvalue weighted by Crippen LogP contribution is 2.35.